The first-order valence-corrected chi connectivity index (χ1v) is 6.93. The summed E-state index contributed by atoms with van der Waals surface area (Å²) in [6, 6.07) is 3.72. The average molecular weight is 345 g/mol. The Bertz CT molecular complexity index is 576. The number of anilines is 1. The number of nitrogens with two attached hydrogens (primary N) is 1. The van der Waals surface area contributed by atoms with Crippen molar-refractivity contribution < 1.29 is 14.2 Å². The maximum absolute atomic E-state index is 5.70. The van der Waals surface area contributed by atoms with Crippen molar-refractivity contribution >= 4 is 32.4 Å². The zero-order valence-electron chi connectivity index (χ0n) is 10.7. The highest BCUT2D eigenvalue weighted by Crippen LogP contribution is 2.44. The van der Waals surface area contributed by atoms with Gasteiger partial charge in [0.25, 0.3) is 0 Å². The third-order valence-electron chi connectivity index (χ3n) is 2.53. The van der Waals surface area contributed by atoms with E-state index in [2.05, 4.69) is 20.9 Å². The van der Waals surface area contributed by atoms with Crippen molar-refractivity contribution in [1.82, 2.24) is 4.98 Å². The number of aromatic nitrogens is 1. The van der Waals surface area contributed by atoms with Gasteiger partial charge in [-0.05, 0) is 28.1 Å². The van der Waals surface area contributed by atoms with Gasteiger partial charge in [0.1, 0.15) is 4.60 Å². The second-order valence-electron chi connectivity index (χ2n) is 3.59. The molecular formula is C12H13BrN2O3S. The van der Waals surface area contributed by atoms with Crippen LogP contribution in [-0.4, -0.2) is 26.3 Å². The molecule has 0 saturated carbocycles. The highest BCUT2D eigenvalue weighted by Gasteiger charge is 2.17. The molecule has 102 valence electrons. The molecule has 0 atom stereocenters. The summed E-state index contributed by atoms with van der Waals surface area (Å²) >= 11 is 4.78. The van der Waals surface area contributed by atoms with Crippen LogP contribution in [0.25, 0.3) is 10.4 Å². The van der Waals surface area contributed by atoms with Gasteiger partial charge in [0.05, 0.1) is 26.2 Å². The van der Waals surface area contributed by atoms with E-state index < -0.39 is 0 Å². The van der Waals surface area contributed by atoms with E-state index in [-0.39, 0.29) is 0 Å². The predicted molar refractivity (Wildman–Crippen MR) is 79.3 cm³/mol. The molecule has 0 amide bonds. The van der Waals surface area contributed by atoms with Gasteiger partial charge >= 0.3 is 0 Å². The Kier molecular flexibility index (Phi) is 4.16. The number of benzene rings is 1. The summed E-state index contributed by atoms with van der Waals surface area (Å²) in [6.45, 7) is 0. The quantitative estimate of drug-likeness (QED) is 0.922. The van der Waals surface area contributed by atoms with Crippen molar-refractivity contribution in [2.45, 2.75) is 0 Å². The second kappa shape index (κ2) is 5.66. The Morgan fingerprint density at radius 2 is 1.68 bits per heavy atom. The van der Waals surface area contributed by atoms with Crippen LogP contribution in [0.2, 0.25) is 0 Å². The third-order valence-corrected chi connectivity index (χ3v) is 4.30. The molecule has 0 bridgehead atoms. The van der Waals surface area contributed by atoms with E-state index in [0.717, 1.165) is 10.4 Å². The summed E-state index contributed by atoms with van der Waals surface area (Å²) in [7, 11) is 4.73. The number of ether oxygens (including phenoxy) is 3. The lowest BCUT2D eigenvalue weighted by Crippen LogP contribution is -1.95. The van der Waals surface area contributed by atoms with Gasteiger partial charge in [0.15, 0.2) is 16.6 Å². The summed E-state index contributed by atoms with van der Waals surface area (Å²) in [6.07, 6.45) is 0. The molecule has 0 aliphatic rings. The summed E-state index contributed by atoms with van der Waals surface area (Å²) < 4.78 is 16.6. The van der Waals surface area contributed by atoms with E-state index in [1.807, 2.05) is 12.1 Å². The van der Waals surface area contributed by atoms with E-state index in [9.17, 15) is 0 Å². The second-order valence-corrected chi connectivity index (χ2v) is 5.37. The van der Waals surface area contributed by atoms with Gasteiger partial charge in [0, 0.05) is 5.56 Å². The molecule has 2 N–H and O–H groups in total. The first-order chi connectivity index (χ1) is 9.10. The Morgan fingerprint density at radius 3 is 2.05 bits per heavy atom. The molecule has 0 saturated heterocycles. The fraction of sp³-hybridized carbons (Fsp3) is 0.250. The van der Waals surface area contributed by atoms with Gasteiger partial charge in [0.2, 0.25) is 5.75 Å². The maximum atomic E-state index is 5.70. The van der Waals surface area contributed by atoms with Crippen LogP contribution in [0.3, 0.4) is 0 Å². The molecule has 0 fully saturated rings. The van der Waals surface area contributed by atoms with Gasteiger partial charge in [-0.3, -0.25) is 0 Å². The molecule has 0 spiro atoms. The van der Waals surface area contributed by atoms with Crippen molar-refractivity contribution in [3.05, 3.63) is 16.7 Å². The van der Waals surface area contributed by atoms with Crippen LogP contribution >= 0.6 is 27.3 Å². The lowest BCUT2D eigenvalue weighted by Gasteiger charge is -2.13. The minimum Gasteiger partial charge on any atom is -0.493 e. The highest BCUT2D eigenvalue weighted by atomic mass is 79.9. The van der Waals surface area contributed by atoms with E-state index in [0.29, 0.717) is 27.0 Å². The number of thiazole rings is 1. The topological polar surface area (TPSA) is 66.6 Å². The Labute approximate surface area is 123 Å². The van der Waals surface area contributed by atoms with E-state index in [1.165, 1.54) is 11.3 Å². The molecule has 5 nitrogen and oxygen atoms in total. The number of nitrogens with zero attached hydrogens (tertiary/aromatic N) is 1. The van der Waals surface area contributed by atoms with Crippen molar-refractivity contribution in [3.8, 4) is 27.7 Å². The first-order valence-electron chi connectivity index (χ1n) is 5.32. The first kappa shape index (κ1) is 14.0. The van der Waals surface area contributed by atoms with E-state index in [1.54, 1.807) is 21.3 Å². The number of rotatable bonds is 4. The smallest absolute Gasteiger partial charge is 0.203 e. The maximum Gasteiger partial charge on any atom is 0.203 e. The molecule has 0 aliphatic heterocycles. The minimum absolute atomic E-state index is 0.496. The fourth-order valence-corrected chi connectivity index (χ4v) is 3.20. The van der Waals surface area contributed by atoms with E-state index in [4.69, 9.17) is 19.9 Å². The lowest BCUT2D eigenvalue weighted by atomic mass is 10.1. The van der Waals surface area contributed by atoms with Crippen LogP contribution in [0.15, 0.2) is 16.7 Å². The normalized spacial score (nSPS) is 10.3. The molecule has 0 aliphatic carbocycles. The van der Waals surface area contributed by atoms with Crippen LogP contribution in [0.1, 0.15) is 0 Å². The molecule has 0 unspecified atom stereocenters. The molecule has 7 heteroatoms. The number of halogens is 1. The largest absolute Gasteiger partial charge is 0.493 e. The van der Waals surface area contributed by atoms with Gasteiger partial charge in [-0.25, -0.2) is 4.98 Å². The Hall–Kier alpha value is -1.47. The zero-order chi connectivity index (χ0) is 14.0. The Morgan fingerprint density at radius 1 is 1.11 bits per heavy atom. The Balaban J connectivity index is 2.62. The molecule has 0 radical (unpaired) electrons. The number of hydrogen-bond donors (Lipinski definition) is 1. The van der Waals surface area contributed by atoms with Gasteiger partial charge in [-0.1, -0.05) is 11.3 Å². The van der Waals surface area contributed by atoms with Crippen LogP contribution in [0.4, 0.5) is 5.13 Å². The minimum atomic E-state index is 0.496. The standard InChI is InChI=1S/C12H13BrN2O3S/c1-16-7-4-6(5-8(17-2)9(7)18-3)10-11(13)15-12(14)19-10/h4-5H,1-3H3,(H2,14,15). The molecule has 19 heavy (non-hydrogen) atoms. The summed E-state index contributed by atoms with van der Waals surface area (Å²) in [5.41, 5.74) is 6.60. The van der Waals surface area contributed by atoms with Crippen LogP contribution < -0.4 is 19.9 Å². The van der Waals surface area contributed by atoms with Crippen molar-refractivity contribution in [2.75, 3.05) is 27.1 Å². The molecule has 1 heterocycles. The lowest BCUT2D eigenvalue weighted by molar-refractivity contribution is 0.324. The number of hydrogen-bond acceptors (Lipinski definition) is 6. The molecule has 1 aromatic heterocycles. The van der Waals surface area contributed by atoms with Crippen LogP contribution in [0.5, 0.6) is 17.2 Å². The SMILES string of the molecule is COc1cc(-c2sc(N)nc2Br)cc(OC)c1OC. The van der Waals surface area contributed by atoms with Crippen molar-refractivity contribution in [1.29, 1.82) is 0 Å². The monoisotopic (exact) mass is 344 g/mol. The van der Waals surface area contributed by atoms with Crippen LogP contribution in [-0.2, 0) is 0 Å². The average Bonchev–Trinajstić information content (AvgIpc) is 2.75. The fourth-order valence-electron chi connectivity index (χ4n) is 1.71. The molecular weight excluding hydrogens is 332 g/mol. The molecule has 2 rings (SSSR count). The molecule has 1 aromatic carbocycles. The van der Waals surface area contributed by atoms with Crippen molar-refractivity contribution in [3.63, 3.8) is 0 Å². The number of nitrogen functional groups attached to an aromatic ring is 1. The molecule has 2 aromatic rings. The predicted octanol–water partition coefficient (Wildman–Crippen LogP) is 3.18. The van der Waals surface area contributed by atoms with E-state index >= 15 is 0 Å². The summed E-state index contributed by atoms with van der Waals surface area (Å²) in [5, 5.41) is 0.496. The highest BCUT2D eigenvalue weighted by molar-refractivity contribution is 9.10. The van der Waals surface area contributed by atoms with Gasteiger partial charge in [-0.2, -0.15) is 0 Å². The van der Waals surface area contributed by atoms with Gasteiger partial charge < -0.3 is 19.9 Å². The zero-order valence-corrected chi connectivity index (χ0v) is 13.1. The van der Waals surface area contributed by atoms with Gasteiger partial charge in [-0.15, -0.1) is 0 Å². The summed E-state index contributed by atoms with van der Waals surface area (Å²) in [4.78, 5) is 5.05. The third kappa shape index (κ3) is 2.62. The van der Waals surface area contributed by atoms with Crippen molar-refractivity contribution in [2.24, 2.45) is 0 Å². The summed E-state index contributed by atoms with van der Waals surface area (Å²) in [5.74, 6) is 1.74. The number of methoxy groups -OCH3 is 3. The van der Waals surface area contributed by atoms with Crippen LogP contribution in [0, 0.1) is 0 Å².